The highest BCUT2D eigenvalue weighted by Crippen LogP contribution is 2.52. The first kappa shape index (κ1) is 69.5. The number of phosphoric ester groups is 3. The number of esters is 4. The molecule has 0 aliphatic carbocycles. The number of rotatable bonds is 28. The minimum absolute atomic E-state index is 0.0681. The number of phosphoric acid groups is 3. The van der Waals surface area contributed by atoms with Crippen LogP contribution in [0.5, 0.6) is 28.7 Å². The molecule has 0 atom stereocenters. The van der Waals surface area contributed by atoms with E-state index in [2.05, 4.69) is 0 Å². The van der Waals surface area contributed by atoms with E-state index in [-0.39, 0.29) is 85.4 Å². The van der Waals surface area contributed by atoms with Crippen LogP contribution in [0.3, 0.4) is 0 Å². The molecule has 0 aliphatic rings. The smallest absolute Gasteiger partial charge is 0.475 e. The lowest BCUT2D eigenvalue weighted by Crippen LogP contribution is -2.13. The van der Waals surface area contributed by atoms with Crippen LogP contribution in [0, 0.1) is 0 Å². The normalized spacial score (nSPS) is 11.0. The summed E-state index contributed by atoms with van der Waals surface area (Å²) in [4.78, 5) is 47.6. The molecule has 0 radical (unpaired) electrons. The summed E-state index contributed by atoms with van der Waals surface area (Å²) in [6.45, 7) is 17.9. The van der Waals surface area contributed by atoms with Gasteiger partial charge in [-0.25, -0.2) is 23.3 Å². The number of hydrogen-bond donors (Lipinski definition) is 0. The van der Waals surface area contributed by atoms with Crippen LogP contribution in [0.15, 0.2) is 115 Å². The second-order valence-electron chi connectivity index (χ2n) is 14.9. The van der Waals surface area contributed by atoms with Crippen molar-refractivity contribution in [1.82, 2.24) is 0 Å². The van der Waals surface area contributed by atoms with E-state index in [1.54, 1.807) is 84.0 Å². The largest absolute Gasteiger partial charge is 0.493 e. The van der Waals surface area contributed by atoms with E-state index in [0.29, 0.717) is 30.1 Å². The number of carbonyl (C=O) groups is 4. The molecule has 79 heavy (non-hydrogen) atoms. The van der Waals surface area contributed by atoms with E-state index in [9.17, 15) is 32.9 Å². The van der Waals surface area contributed by atoms with E-state index in [1.165, 1.54) is 63.4 Å². The molecule has 25 heteroatoms. The van der Waals surface area contributed by atoms with Gasteiger partial charge in [0.05, 0.1) is 66.6 Å². The van der Waals surface area contributed by atoms with Crippen molar-refractivity contribution in [3.63, 3.8) is 0 Å². The third kappa shape index (κ3) is 25.6. The number of hydrogen-bond acceptors (Lipinski definition) is 21. The highest BCUT2D eigenvalue weighted by molar-refractivity contribution is 7.49. The Bertz CT molecular complexity index is 2780. The van der Waals surface area contributed by atoms with E-state index in [1.807, 2.05) is 44.2 Å². The van der Waals surface area contributed by atoms with Gasteiger partial charge in [0.1, 0.15) is 28.4 Å². The Morgan fingerprint density at radius 2 is 0.823 bits per heavy atom. The number of ether oxygens (including phenoxy) is 5. The van der Waals surface area contributed by atoms with Crippen LogP contribution in [-0.2, 0) is 83.8 Å². The van der Waals surface area contributed by atoms with Crippen LogP contribution in [0.1, 0.15) is 107 Å². The van der Waals surface area contributed by atoms with Crippen LogP contribution in [-0.4, -0.2) is 70.6 Å². The van der Waals surface area contributed by atoms with Crippen LogP contribution in [0.4, 0.5) is 0 Å². The molecule has 21 nitrogen and oxygen atoms in total. The van der Waals surface area contributed by atoms with Gasteiger partial charge in [-0.05, 0) is 107 Å². The van der Waals surface area contributed by atoms with Crippen molar-refractivity contribution in [2.75, 3.05) is 46.8 Å². The zero-order valence-corrected chi connectivity index (χ0v) is 49.6. The van der Waals surface area contributed by atoms with Gasteiger partial charge < -0.3 is 23.7 Å². The Kier molecular flexibility index (Phi) is 32.9. The molecule has 5 aromatic carbocycles. The molecular weight excluding hydrogens is 1110 g/mol. The van der Waals surface area contributed by atoms with E-state index < -0.39 is 47.3 Å². The van der Waals surface area contributed by atoms with Crippen molar-refractivity contribution in [3.05, 3.63) is 148 Å². The summed E-state index contributed by atoms with van der Waals surface area (Å²) in [6, 6.07) is 31.1. The van der Waals surface area contributed by atoms with Crippen LogP contribution in [0.2, 0.25) is 5.02 Å². The lowest BCUT2D eigenvalue weighted by atomic mass is 10.2. The summed E-state index contributed by atoms with van der Waals surface area (Å²) in [5.41, 5.74) is 2.12. The number of para-hydroxylation sites is 2. The zero-order chi connectivity index (χ0) is 58.9. The van der Waals surface area contributed by atoms with Gasteiger partial charge in [-0.15, -0.1) is 0 Å². The van der Waals surface area contributed by atoms with Gasteiger partial charge in [-0.2, -0.15) is 0 Å². The molecule has 0 bridgehead atoms. The molecule has 0 fully saturated rings. The minimum Gasteiger partial charge on any atom is -0.493 e. The summed E-state index contributed by atoms with van der Waals surface area (Å²) in [7, 11) is -9.34. The lowest BCUT2D eigenvalue weighted by Gasteiger charge is -2.17. The maximum Gasteiger partial charge on any atom is 0.475 e. The van der Waals surface area contributed by atoms with E-state index >= 15 is 0 Å². The standard InChI is InChI=1S/C21H25O9P.C20H22ClO8P.C11H17O4P.C2H6/c1-5-26-31(24,27-6-2)28-14-16-11-12-19(25-4)20(13-16)30-21(23)17-9-7-8-10-18(17)29-15(3)22;1-4-25-30(24,26-5-2)27-13-15-10-11-16(12-18(15)21)29-20(23)17-8-6-7-9-19(17)28-14(3)22;1-3-13-16(12,14-4-2)15-10-11-8-6-5-7-9-11;1-2/h7-13H,5-6,14H2,1-4H3;6-12H,4-5,13H2,1-3H3;5-9H,3-4,10H2,1-2H3;1-2H3. The second-order valence-corrected chi connectivity index (χ2v) is 20.3. The van der Waals surface area contributed by atoms with Crippen molar-refractivity contribution < 1.29 is 97.3 Å². The average Bonchev–Trinajstić information content (AvgIpc) is 3.42. The van der Waals surface area contributed by atoms with Crippen molar-refractivity contribution in [1.29, 1.82) is 0 Å². The minimum atomic E-state index is -3.70. The average molecular weight is 1180 g/mol. The Labute approximate surface area is 467 Å². The van der Waals surface area contributed by atoms with Crippen LogP contribution in [0.25, 0.3) is 0 Å². The molecule has 0 heterocycles. The van der Waals surface area contributed by atoms with Crippen LogP contribution < -0.4 is 23.7 Å². The Hall–Kier alpha value is -5.60. The Balaban J connectivity index is 0.000000418. The van der Waals surface area contributed by atoms with Crippen molar-refractivity contribution >= 4 is 58.9 Å². The molecule has 0 aliphatic heterocycles. The SMILES string of the molecule is CC.CCOP(=O)(OCC)OCc1ccc(OC(=O)c2ccccc2OC(C)=O)cc1Cl.CCOP(=O)(OCC)OCc1ccc(OC)c(OC(=O)c2ccccc2OC(C)=O)c1.CCOP(=O)(OCC)OCc1ccccc1. The molecule has 0 saturated heterocycles. The fourth-order valence-corrected chi connectivity index (χ4v) is 9.69. The van der Waals surface area contributed by atoms with Crippen molar-refractivity contribution in [2.45, 2.75) is 89.1 Å². The van der Waals surface area contributed by atoms with Crippen molar-refractivity contribution in [2.24, 2.45) is 0 Å². The topological polar surface area (TPSA) is 249 Å². The fraction of sp³-hybridized carbons (Fsp3) is 0.370. The van der Waals surface area contributed by atoms with E-state index in [0.717, 1.165) is 5.56 Å². The first-order valence-corrected chi connectivity index (χ1v) is 29.6. The summed E-state index contributed by atoms with van der Waals surface area (Å²) in [5, 5.41) is 0.230. The molecule has 0 aromatic heterocycles. The molecule has 0 amide bonds. The highest BCUT2D eigenvalue weighted by atomic mass is 35.5. The number of carbonyl (C=O) groups excluding carboxylic acids is 4. The molecule has 5 aromatic rings. The molecule has 434 valence electrons. The second kappa shape index (κ2) is 37.4. The van der Waals surface area contributed by atoms with Gasteiger partial charge in [-0.1, -0.05) is 92.2 Å². The third-order valence-corrected chi connectivity index (χ3v) is 14.2. The summed E-state index contributed by atoms with van der Waals surface area (Å²) >= 11 is 6.23. The highest BCUT2D eigenvalue weighted by Gasteiger charge is 2.28. The van der Waals surface area contributed by atoms with E-state index in [4.69, 9.17) is 76.0 Å². The first-order chi connectivity index (χ1) is 37.8. The zero-order valence-electron chi connectivity index (χ0n) is 46.1. The predicted octanol–water partition coefficient (Wildman–Crippen LogP) is 14.1. The van der Waals surface area contributed by atoms with Gasteiger partial charge in [0.2, 0.25) is 0 Å². The number of benzene rings is 5. The maximum atomic E-state index is 12.7. The third-order valence-electron chi connectivity index (χ3n) is 9.11. The van der Waals surface area contributed by atoms with Crippen molar-refractivity contribution in [3.8, 4) is 28.7 Å². The number of methoxy groups -OCH3 is 1. The Morgan fingerprint density at radius 3 is 1.24 bits per heavy atom. The molecule has 0 spiro atoms. The number of halogens is 1. The molecule has 0 saturated carbocycles. The summed E-state index contributed by atoms with van der Waals surface area (Å²) in [6.07, 6.45) is 0. The van der Waals surface area contributed by atoms with Crippen LogP contribution >= 0.6 is 35.1 Å². The first-order valence-electron chi connectivity index (χ1n) is 24.9. The monoisotopic (exact) mass is 1180 g/mol. The quantitative estimate of drug-likeness (QED) is 0.0256. The fourth-order valence-electron chi connectivity index (χ4n) is 5.99. The molecule has 0 N–H and O–H groups in total. The lowest BCUT2D eigenvalue weighted by molar-refractivity contribution is -0.132. The molecule has 0 unspecified atom stereocenters. The van der Waals surface area contributed by atoms with Gasteiger partial charge >= 0.3 is 47.3 Å². The molecular formula is C54H70ClO21P3. The van der Waals surface area contributed by atoms with Gasteiger partial charge in [0.15, 0.2) is 11.5 Å². The van der Waals surface area contributed by atoms with Gasteiger partial charge in [0, 0.05) is 18.9 Å². The maximum absolute atomic E-state index is 12.7. The molecule has 5 rings (SSSR count). The Morgan fingerprint density at radius 1 is 0.418 bits per heavy atom. The predicted molar refractivity (Wildman–Crippen MR) is 295 cm³/mol. The summed E-state index contributed by atoms with van der Waals surface area (Å²) in [5.74, 6) is -1.85. The van der Waals surface area contributed by atoms with Gasteiger partial charge in [0.25, 0.3) is 0 Å². The summed E-state index contributed by atoms with van der Waals surface area (Å²) < 4.78 is 109. The van der Waals surface area contributed by atoms with Gasteiger partial charge in [-0.3, -0.25) is 50.3 Å².